The molecule has 0 saturated carbocycles. The van der Waals surface area contributed by atoms with Crippen LogP contribution in [-0.4, -0.2) is 25.4 Å². The van der Waals surface area contributed by atoms with Crippen molar-refractivity contribution in [3.8, 4) is 5.75 Å². The van der Waals surface area contributed by atoms with Gasteiger partial charge in [-0.15, -0.1) is 0 Å². The van der Waals surface area contributed by atoms with Crippen LogP contribution in [0, 0.1) is 19.8 Å². The van der Waals surface area contributed by atoms with E-state index in [9.17, 15) is 5.11 Å². The summed E-state index contributed by atoms with van der Waals surface area (Å²) >= 11 is 0. The van der Waals surface area contributed by atoms with Crippen molar-refractivity contribution in [2.45, 2.75) is 39.5 Å². The minimum Gasteiger partial charge on any atom is -0.496 e. The third-order valence-corrected chi connectivity index (χ3v) is 3.79. The molecule has 0 heterocycles. The van der Waals surface area contributed by atoms with Crippen LogP contribution in [0.2, 0.25) is 0 Å². The molecule has 0 spiro atoms. The zero-order valence-corrected chi connectivity index (χ0v) is 12.6. The van der Waals surface area contributed by atoms with Crippen LogP contribution in [0.1, 0.15) is 42.4 Å². The summed E-state index contributed by atoms with van der Waals surface area (Å²) in [5, 5.41) is 9.34. The summed E-state index contributed by atoms with van der Waals surface area (Å²) in [4.78, 5) is 0. The molecule has 0 radical (unpaired) electrons. The lowest BCUT2D eigenvalue weighted by atomic mass is 9.85. The van der Waals surface area contributed by atoms with Crippen LogP contribution >= 0.6 is 0 Å². The van der Waals surface area contributed by atoms with E-state index in [2.05, 4.69) is 32.9 Å². The maximum absolute atomic E-state index is 9.34. The summed E-state index contributed by atoms with van der Waals surface area (Å²) in [6.45, 7) is 7.04. The van der Waals surface area contributed by atoms with E-state index in [0.717, 1.165) is 18.6 Å². The largest absolute Gasteiger partial charge is 0.496 e. The molecule has 0 aliphatic carbocycles. The fourth-order valence-corrected chi connectivity index (χ4v) is 2.73. The fraction of sp³-hybridized carbons (Fsp3) is 0.625. The Hall–Kier alpha value is -1.06. The predicted octanol–water partition coefficient (Wildman–Crippen LogP) is 2.76. The molecule has 3 nitrogen and oxygen atoms in total. The van der Waals surface area contributed by atoms with Crippen molar-refractivity contribution < 1.29 is 9.84 Å². The number of aliphatic hydroxyl groups is 1. The molecule has 19 heavy (non-hydrogen) atoms. The van der Waals surface area contributed by atoms with Gasteiger partial charge in [0.2, 0.25) is 0 Å². The summed E-state index contributed by atoms with van der Waals surface area (Å²) < 4.78 is 5.57. The van der Waals surface area contributed by atoms with E-state index in [0.29, 0.717) is 12.5 Å². The summed E-state index contributed by atoms with van der Waals surface area (Å²) in [6, 6.07) is 4.34. The lowest BCUT2D eigenvalue weighted by molar-refractivity contribution is 0.214. The highest BCUT2D eigenvalue weighted by Gasteiger charge is 2.20. The molecule has 2 atom stereocenters. The van der Waals surface area contributed by atoms with Crippen molar-refractivity contribution >= 4 is 0 Å². The smallest absolute Gasteiger partial charge is 0.125 e. The maximum Gasteiger partial charge on any atom is 0.125 e. The number of aliphatic hydroxyl groups excluding tert-OH is 1. The first kappa shape index (κ1) is 16.0. The highest BCUT2D eigenvalue weighted by atomic mass is 16.5. The van der Waals surface area contributed by atoms with Gasteiger partial charge in [-0.05, 0) is 56.2 Å². The second-order valence-electron chi connectivity index (χ2n) is 5.33. The minimum absolute atomic E-state index is 0.153. The molecule has 3 heteroatoms. The second kappa shape index (κ2) is 7.51. The van der Waals surface area contributed by atoms with Crippen LogP contribution in [0.15, 0.2) is 12.1 Å². The van der Waals surface area contributed by atoms with Crippen LogP contribution in [0.5, 0.6) is 5.75 Å². The lowest BCUT2D eigenvalue weighted by Gasteiger charge is -2.24. The Kier molecular flexibility index (Phi) is 6.32. The molecular formula is C16H27NO2. The van der Waals surface area contributed by atoms with Gasteiger partial charge in [0.15, 0.2) is 0 Å². The Morgan fingerprint density at radius 1 is 1.32 bits per heavy atom. The van der Waals surface area contributed by atoms with Crippen LogP contribution in [0.25, 0.3) is 0 Å². The van der Waals surface area contributed by atoms with Gasteiger partial charge in [-0.25, -0.2) is 0 Å². The molecule has 0 amide bonds. The maximum atomic E-state index is 9.34. The van der Waals surface area contributed by atoms with Crippen molar-refractivity contribution in [1.29, 1.82) is 0 Å². The summed E-state index contributed by atoms with van der Waals surface area (Å²) in [7, 11) is 1.72. The zero-order chi connectivity index (χ0) is 14.4. The number of hydrogen-bond acceptors (Lipinski definition) is 3. The number of aryl methyl sites for hydroxylation is 2. The highest BCUT2D eigenvalue weighted by molar-refractivity contribution is 5.45. The number of benzene rings is 1. The third kappa shape index (κ3) is 3.95. The van der Waals surface area contributed by atoms with Gasteiger partial charge in [0.05, 0.1) is 7.11 Å². The average Bonchev–Trinajstić information content (AvgIpc) is 2.39. The number of hydrogen-bond donors (Lipinski definition) is 2. The lowest BCUT2D eigenvalue weighted by Crippen LogP contribution is -2.21. The van der Waals surface area contributed by atoms with E-state index >= 15 is 0 Å². The first-order chi connectivity index (χ1) is 9.07. The molecule has 0 fully saturated rings. The Morgan fingerprint density at radius 2 is 2.00 bits per heavy atom. The molecule has 2 unspecified atom stereocenters. The van der Waals surface area contributed by atoms with Crippen LogP contribution in [-0.2, 0) is 0 Å². The van der Waals surface area contributed by atoms with Crippen molar-refractivity contribution in [1.82, 2.24) is 0 Å². The van der Waals surface area contributed by atoms with Crippen LogP contribution in [0.3, 0.4) is 0 Å². The second-order valence-corrected chi connectivity index (χ2v) is 5.33. The van der Waals surface area contributed by atoms with E-state index in [1.54, 1.807) is 7.11 Å². The summed E-state index contributed by atoms with van der Waals surface area (Å²) in [5.41, 5.74) is 9.37. The molecule has 3 N–H and O–H groups in total. The van der Waals surface area contributed by atoms with Crippen molar-refractivity contribution in [2.24, 2.45) is 11.7 Å². The molecule has 0 aliphatic rings. The Labute approximate surface area is 116 Å². The first-order valence-corrected chi connectivity index (χ1v) is 7.03. The highest BCUT2D eigenvalue weighted by Crippen LogP contribution is 2.36. The van der Waals surface area contributed by atoms with Gasteiger partial charge < -0.3 is 15.6 Å². The van der Waals surface area contributed by atoms with Gasteiger partial charge in [-0.3, -0.25) is 0 Å². The van der Waals surface area contributed by atoms with Gasteiger partial charge in [0.1, 0.15) is 5.75 Å². The average molecular weight is 265 g/mol. The number of ether oxygens (including phenoxy) is 1. The van der Waals surface area contributed by atoms with Crippen LogP contribution in [0.4, 0.5) is 0 Å². The Bertz CT molecular complexity index is 400. The standard InChI is InChI=1S/C16H27NO2/c1-5-14(8-13(9-17)10-18)15-7-11(2)6-12(3)16(15)19-4/h6-7,13-14,18H,5,8-10,17H2,1-4H3. The zero-order valence-electron chi connectivity index (χ0n) is 12.6. The number of methoxy groups -OCH3 is 1. The van der Waals surface area contributed by atoms with Gasteiger partial charge in [-0.1, -0.05) is 24.6 Å². The fourth-order valence-electron chi connectivity index (χ4n) is 2.73. The van der Waals surface area contributed by atoms with Crippen LogP contribution < -0.4 is 10.5 Å². The summed E-state index contributed by atoms with van der Waals surface area (Å²) in [6.07, 6.45) is 1.93. The van der Waals surface area contributed by atoms with E-state index in [1.807, 2.05) is 0 Å². The molecular weight excluding hydrogens is 238 g/mol. The SMILES string of the molecule is CCC(CC(CN)CO)c1cc(C)cc(C)c1OC. The normalized spacial score (nSPS) is 14.2. The molecule has 0 saturated heterocycles. The topological polar surface area (TPSA) is 55.5 Å². The Morgan fingerprint density at radius 3 is 2.47 bits per heavy atom. The van der Waals surface area contributed by atoms with Crippen molar-refractivity contribution in [2.75, 3.05) is 20.3 Å². The van der Waals surface area contributed by atoms with Crippen molar-refractivity contribution in [3.05, 3.63) is 28.8 Å². The van der Waals surface area contributed by atoms with Gasteiger partial charge in [0, 0.05) is 6.61 Å². The monoisotopic (exact) mass is 265 g/mol. The molecule has 0 aliphatic heterocycles. The minimum atomic E-state index is 0.153. The van der Waals surface area contributed by atoms with Gasteiger partial charge in [-0.2, -0.15) is 0 Å². The number of nitrogens with two attached hydrogens (primary N) is 1. The van der Waals surface area contributed by atoms with E-state index in [1.165, 1.54) is 16.7 Å². The predicted molar refractivity (Wildman–Crippen MR) is 79.7 cm³/mol. The molecule has 1 aromatic carbocycles. The molecule has 1 aromatic rings. The van der Waals surface area contributed by atoms with Gasteiger partial charge in [0.25, 0.3) is 0 Å². The van der Waals surface area contributed by atoms with Gasteiger partial charge >= 0.3 is 0 Å². The van der Waals surface area contributed by atoms with Crippen molar-refractivity contribution in [3.63, 3.8) is 0 Å². The molecule has 0 aromatic heterocycles. The molecule has 108 valence electrons. The number of rotatable bonds is 7. The quantitative estimate of drug-likeness (QED) is 0.797. The first-order valence-electron chi connectivity index (χ1n) is 7.03. The van der Waals surface area contributed by atoms with E-state index < -0.39 is 0 Å². The van der Waals surface area contributed by atoms with E-state index in [-0.39, 0.29) is 12.5 Å². The summed E-state index contributed by atoms with van der Waals surface area (Å²) in [5.74, 6) is 1.52. The molecule has 1 rings (SSSR count). The van der Waals surface area contributed by atoms with E-state index in [4.69, 9.17) is 10.5 Å². The molecule has 0 bridgehead atoms. The Balaban J connectivity index is 3.09. The third-order valence-electron chi connectivity index (χ3n) is 3.79.